The van der Waals surface area contributed by atoms with Gasteiger partial charge in [0.15, 0.2) is 0 Å². The molecule has 122 valence electrons. The van der Waals surface area contributed by atoms with E-state index in [9.17, 15) is 14.4 Å². The SMILES string of the molecule is O=C(O)CC1CCN(C(=O)c2cnc3c(c2)CCC(=O)N3)CC1. The van der Waals surface area contributed by atoms with E-state index in [0.717, 1.165) is 5.56 Å². The first-order valence-corrected chi connectivity index (χ1v) is 7.83. The minimum absolute atomic E-state index is 0.0513. The Hall–Kier alpha value is -2.44. The Balaban J connectivity index is 1.65. The molecule has 3 heterocycles. The minimum Gasteiger partial charge on any atom is -0.481 e. The number of carboxylic acids is 1. The van der Waals surface area contributed by atoms with Gasteiger partial charge in [0.25, 0.3) is 5.91 Å². The molecular weight excluding hydrogens is 298 g/mol. The molecule has 0 atom stereocenters. The predicted octanol–water partition coefficient (Wildman–Crippen LogP) is 1.29. The van der Waals surface area contributed by atoms with Crippen molar-refractivity contribution in [3.05, 3.63) is 23.4 Å². The summed E-state index contributed by atoms with van der Waals surface area (Å²) in [4.78, 5) is 40.6. The molecule has 2 aliphatic heterocycles. The summed E-state index contributed by atoms with van der Waals surface area (Å²) in [6, 6.07) is 1.80. The van der Waals surface area contributed by atoms with Gasteiger partial charge >= 0.3 is 5.97 Å². The van der Waals surface area contributed by atoms with Crippen LogP contribution in [0.2, 0.25) is 0 Å². The predicted molar refractivity (Wildman–Crippen MR) is 82.1 cm³/mol. The molecule has 2 amide bonds. The molecule has 1 aromatic heterocycles. The molecule has 0 radical (unpaired) electrons. The van der Waals surface area contributed by atoms with Crippen molar-refractivity contribution in [2.45, 2.75) is 32.1 Å². The van der Waals surface area contributed by atoms with Gasteiger partial charge in [-0.2, -0.15) is 0 Å². The van der Waals surface area contributed by atoms with Crippen LogP contribution >= 0.6 is 0 Å². The smallest absolute Gasteiger partial charge is 0.303 e. The van der Waals surface area contributed by atoms with Crippen LogP contribution in [0.25, 0.3) is 0 Å². The zero-order valence-electron chi connectivity index (χ0n) is 12.7. The standard InChI is InChI=1S/C16H19N3O4/c20-13-2-1-11-8-12(9-17-15(11)18-13)16(23)19-5-3-10(4-6-19)7-14(21)22/h8-10H,1-7H2,(H,21,22)(H,17,18,20). The van der Waals surface area contributed by atoms with Gasteiger partial charge in [-0.05, 0) is 36.8 Å². The number of hydrogen-bond donors (Lipinski definition) is 2. The molecule has 0 aliphatic carbocycles. The Morgan fingerprint density at radius 2 is 2.04 bits per heavy atom. The summed E-state index contributed by atoms with van der Waals surface area (Å²) in [6.45, 7) is 1.15. The number of amides is 2. The number of fused-ring (bicyclic) bond motifs is 1. The highest BCUT2D eigenvalue weighted by molar-refractivity contribution is 5.96. The van der Waals surface area contributed by atoms with Crippen LogP contribution in [0, 0.1) is 5.92 Å². The number of carbonyl (C=O) groups is 3. The molecule has 0 saturated carbocycles. The molecule has 2 N–H and O–H groups in total. The molecule has 0 bridgehead atoms. The number of pyridine rings is 1. The van der Waals surface area contributed by atoms with Crippen LogP contribution in [0.15, 0.2) is 12.3 Å². The fourth-order valence-electron chi connectivity index (χ4n) is 3.14. The van der Waals surface area contributed by atoms with E-state index in [1.807, 2.05) is 0 Å². The number of anilines is 1. The van der Waals surface area contributed by atoms with Crippen LogP contribution in [0.3, 0.4) is 0 Å². The fourth-order valence-corrected chi connectivity index (χ4v) is 3.14. The summed E-state index contributed by atoms with van der Waals surface area (Å²) in [5.74, 6) is -0.224. The van der Waals surface area contributed by atoms with E-state index in [2.05, 4.69) is 10.3 Å². The van der Waals surface area contributed by atoms with Gasteiger partial charge in [0.1, 0.15) is 5.82 Å². The fraction of sp³-hybridized carbons (Fsp3) is 0.500. The number of aliphatic carboxylic acids is 1. The Kier molecular flexibility index (Phi) is 4.27. The third-order valence-corrected chi connectivity index (χ3v) is 4.46. The molecule has 0 unspecified atom stereocenters. The minimum atomic E-state index is -0.782. The van der Waals surface area contributed by atoms with Gasteiger partial charge in [-0.1, -0.05) is 0 Å². The van der Waals surface area contributed by atoms with E-state index in [-0.39, 0.29) is 24.2 Å². The second-order valence-corrected chi connectivity index (χ2v) is 6.11. The van der Waals surface area contributed by atoms with Crippen molar-refractivity contribution in [1.29, 1.82) is 0 Å². The number of likely N-dealkylation sites (tertiary alicyclic amines) is 1. The van der Waals surface area contributed by atoms with E-state index >= 15 is 0 Å². The first-order chi connectivity index (χ1) is 11.0. The molecule has 7 nitrogen and oxygen atoms in total. The lowest BCUT2D eigenvalue weighted by Gasteiger charge is -2.31. The largest absolute Gasteiger partial charge is 0.481 e. The van der Waals surface area contributed by atoms with Gasteiger partial charge in [0.2, 0.25) is 5.91 Å². The van der Waals surface area contributed by atoms with Crippen LogP contribution < -0.4 is 5.32 Å². The van der Waals surface area contributed by atoms with Crippen molar-refractivity contribution in [3.63, 3.8) is 0 Å². The van der Waals surface area contributed by atoms with Gasteiger partial charge in [-0.15, -0.1) is 0 Å². The lowest BCUT2D eigenvalue weighted by molar-refractivity contribution is -0.138. The van der Waals surface area contributed by atoms with Crippen molar-refractivity contribution >= 4 is 23.6 Å². The first kappa shape index (κ1) is 15.5. The van der Waals surface area contributed by atoms with Crippen LogP contribution in [0.1, 0.15) is 41.6 Å². The normalized spacial score (nSPS) is 18.3. The Morgan fingerprint density at radius 3 is 2.74 bits per heavy atom. The Morgan fingerprint density at radius 1 is 1.30 bits per heavy atom. The van der Waals surface area contributed by atoms with Crippen molar-refractivity contribution in [1.82, 2.24) is 9.88 Å². The first-order valence-electron chi connectivity index (χ1n) is 7.83. The zero-order valence-corrected chi connectivity index (χ0v) is 12.7. The number of hydrogen-bond acceptors (Lipinski definition) is 4. The number of aromatic nitrogens is 1. The summed E-state index contributed by atoms with van der Waals surface area (Å²) < 4.78 is 0. The molecule has 1 saturated heterocycles. The van der Waals surface area contributed by atoms with Crippen molar-refractivity contribution in [3.8, 4) is 0 Å². The number of carboxylic acid groups (broad SMARTS) is 1. The number of carbonyl (C=O) groups excluding carboxylic acids is 2. The molecule has 0 spiro atoms. The average Bonchev–Trinajstić information content (AvgIpc) is 2.54. The molecule has 23 heavy (non-hydrogen) atoms. The number of rotatable bonds is 3. The van der Waals surface area contributed by atoms with Crippen LogP contribution in [0.5, 0.6) is 0 Å². The Labute approximate surface area is 133 Å². The second-order valence-electron chi connectivity index (χ2n) is 6.11. The number of nitrogens with one attached hydrogen (secondary N) is 1. The lowest BCUT2D eigenvalue weighted by Crippen LogP contribution is -2.39. The van der Waals surface area contributed by atoms with Crippen LogP contribution in [-0.4, -0.2) is 45.9 Å². The van der Waals surface area contributed by atoms with E-state index in [1.165, 1.54) is 6.20 Å². The third-order valence-electron chi connectivity index (χ3n) is 4.46. The second kappa shape index (κ2) is 6.36. The maximum Gasteiger partial charge on any atom is 0.303 e. The highest BCUT2D eigenvalue weighted by atomic mass is 16.4. The average molecular weight is 317 g/mol. The van der Waals surface area contributed by atoms with Gasteiger partial charge in [-0.3, -0.25) is 14.4 Å². The van der Waals surface area contributed by atoms with Crippen molar-refractivity contribution < 1.29 is 19.5 Å². The molecular formula is C16H19N3O4. The molecule has 2 aliphatic rings. The monoisotopic (exact) mass is 317 g/mol. The van der Waals surface area contributed by atoms with Gasteiger partial charge in [-0.25, -0.2) is 4.98 Å². The summed E-state index contributed by atoms with van der Waals surface area (Å²) in [5.41, 5.74) is 1.41. The quantitative estimate of drug-likeness (QED) is 0.875. The number of piperidine rings is 1. The number of nitrogens with zero attached hydrogens (tertiary/aromatic N) is 2. The summed E-state index contributed by atoms with van der Waals surface area (Å²) in [5, 5.41) is 11.5. The summed E-state index contributed by atoms with van der Waals surface area (Å²) in [6.07, 6.45) is 4.10. The van der Waals surface area contributed by atoms with E-state index in [4.69, 9.17) is 5.11 Å². The highest BCUT2D eigenvalue weighted by Gasteiger charge is 2.26. The van der Waals surface area contributed by atoms with Crippen molar-refractivity contribution in [2.75, 3.05) is 18.4 Å². The molecule has 7 heteroatoms. The van der Waals surface area contributed by atoms with E-state index < -0.39 is 5.97 Å². The van der Waals surface area contributed by atoms with Gasteiger partial charge in [0.05, 0.1) is 5.56 Å². The highest BCUT2D eigenvalue weighted by Crippen LogP contribution is 2.24. The maximum atomic E-state index is 12.6. The molecule has 0 aromatic carbocycles. The lowest BCUT2D eigenvalue weighted by atomic mass is 9.93. The summed E-state index contributed by atoms with van der Waals surface area (Å²) >= 11 is 0. The van der Waals surface area contributed by atoms with Crippen LogP contribution in [-0.2, 0) is 16.0 Å². The third kappa shape index (κ3) is 3.49. The molecule has 3 rings (SSSR count). The van der Waals surface area contributed by atoms with Gasteiger partial charge < -0.3 is 15.3 Å². The van der Waals surface area contributed by atoms with E-state index in [1.54, 1.807) is 11.0 Å². The maximum absolute atomic E-state index is 12.6. The van der Waals surface area contributed by atoms with E-state index in [0.29, 0.717) is 50.2 Å². The molecule has 1 fully saturated rings. The Bertz CT molecular complexity index is 651. The van der Waals surface area contributed by atoms with Gasteiger partial charge in [0, 0.05) is 32.1 Å². The van der Waals surface area contributed by atoms with Crippen molar-refractivity contribution in [2.24, 2.45) is 5.92 Å². The number of aryl methyl sites for hydroxylation is 1. The van der Waals surface area contributed by atoms with Crippen LogP contribution in [0.4, 0.5) is 5.82 Å². The zero-order chi connectivity index (χ0) is 16.4. The molecule has 1 aromatic rings. The topological polar surface area (TPSA) is 99.6 Å². The summed E-state index contributed by atoms with van der Waals surface area (Å²) in [7, 11) is 0.